The Labute approximate surface area is 307 Å². The van der Waals surface area contributed by atoms with Crippen LogP contribution in [0.2, 0.25) is 0 Å². The lowest BCUT2D eigenvalue weighted by molar-refractivity contribution is 1.28. The van der Waals surface area contributed by atoms with Gasteiger partial charge < -0.3 is 4.90 Å². The van der Waals surface area contributed by atoms with Gasteiger partial charge in [0.15, 0.2) is 0 Å². The van der Waals surface area contributed by atoms with Crippen LogP contribution in [0.25, 0.3) is 75.1 Å². The average molecular weight is 680 g/mol. The zero-order valence-electron chi connectivity index (χ0n) is 28.4. The summed E-state index contributed by atoms with van der Waals surface area (Å²) < 4.78 is 2.64. The van der Waals surface area contributed by atoms with E-state index in [0.717, 1.165) is 17.1 Å². The van der Waals surface area contributed by atoms with Crippen molar-refractivity contribution in [2.24, 2.45) is 0 Å². The Morgan fingerprint density at radius 1 is 0.327 bits per heavy atom. The maximum atomic E-state index is 2.42. The van der Waals surface area contributed by atoms with Gasteiger partial charge in [0, 0.05) is 37.1 Å². The molecule has 0 saturated carbocycles. The fraction of sp³-hybridized carbons (Fsp3) is 0. The van der Waals surface area contributed by atoms with Crippen LogP contribution in [0.15, 0.2) is 200 Å². The maximum Gasteiger partial charge on any atom is 0.0540 e. The van der Waals surface area contributed by atoms with E-state index in [2.05, 4.69) is 205 Å². The van der Waals surface area contributed by atoms with Crippen molar-refractivity contribution in [3.63, 3.8) is 0 Å². The van der Waals surface area contributed by atoms with Crippen LogP contribution in [-0.2, 0) is 0 Å². The van der Waals surface area contributed by atoms with E-state index in [-0.39, 0.29) is 0 Å². The van der Waals surface area contributed by atoms with Crippen molar-refractivity contribution >= 4 is 70.1 Å². The lowest BCUT2D eigenvalue weighted by atomic mass is 9.97. The highest BCUT2D eigenvalue weighted by molar-refractivity contribution is 7.26. The van der Waals surface area contributed by atoms with Gasteiger partial charge in [0.1, 0.15) is 0 Å². The van der Waals surface area contributed by atoms with E-state index in [1.54, 1.807) is 0 Å². The Bertz CT molecular complexity index is 2910. The molecule has 0 bridgehead atoms. The first-order chi connectivity index (χ1) is 25.8. The van der Waals surface area contributed by atoms with E-state index in [1.807, 2.05) is 11.3 Å². The monoisotopic (exact) mass is 679 g/mol. The van der Waals surface area contributed by atoms with Gasteiger partial charge in [-0.1, -0.05) is 158 Å². The Morgan fingerprint density at radius 2 is 0.942 bits per heavy atom. The fourth-order valence-electron chi connectivity index (χ4n) is 7.75. The Morgan fingerprint density at radius 3 is 1.85 bits per heavy atom. The molecule has 1 aromatic heterocycles. The standard InChI is InChI=1S/C50H33NS/c1-2-14-37-32-39(27-26-34(37)12-1)44-19-5-7-24-48(44)51(40-30-28-36(29-31-40)43-21-10-15-35-13-3-4-18-42(35)43)41-17-9-16-38(33-41)45-22-11-23-47-46-20-6-8-25-49(46)52-50(45)47/h1-33H. The summed E-state index contributed by atoms with van der Waals surface area (Å²) in [6, 6.07) is 73.0. The molecule has 0 unspecified atom stereocenters. The van der Waals surface area contributed by atoms with Crippen LogP contribution in [0.4, 0.5) is 17.1 Å². The molecule has 0 aliphatic carbocycles. The number of hydrogen-bond donors (Lipinski definition) is 0. The lowest BCUT2D eigenvalue weighted by Gasteiger charge is -2.28. The number of para-hydroxylation sites is 1. The third-order valence-electron chi connectivity index (χ3n) is 10.3. The Kier molecular flexibility index (Phi) is 7.41. The molecule has 52 heavy (non-hydrogen) atoms. The molecule has 0 saturated heterocycles. The number of thiophene rings is 1. The second kappa shape index (κ2) is 12.7. The van der Waals surface area contributed by atoms with Crippen LogP contribution < -0.4 is 4.90 Å². The molecular weight excluding hydrogens is 647 g/mol. The van der Waals surface area contributed by atoms with Crippen LogP contribution in [0.5, 0.6) is 0 Å². The molecule has 10 rings (SSSR count). The molecule has 244 valence electrons. The van der Waals surface area contributed by atoms with Gasteiger partial charge in [0.2, 0.25) is 0 Å². The number of rotatable bonds is 6. The van der Waals surface area contributed by atoms with E-state index in [9.17, 15) is 0 Å². The summed E-state index contributed by atoms with van der Waals surface area (Å²) >= 11 is 1.88. The van der Waals surface area contributed by atoms with Gasteiger partial charge in [-0.15, -0.1) is 11.3 Å². The summed E-state index contributed by atoms with van der Waals surface area (Å²) in [6.07, 6.45) is 0. The van der Waals surface area contributed by atoms with E-state index >= 15 is 0 Å². The Hall–Kier alpha value is -6.48. The molecule has 9 aromatic carbocycles. The minimum atomic E-state index is 1.11. The molecule has 0 fully saturated rings. The first-order valence-corrected chi connectivity index (χ1v) is 18.6. The molecule has 2 heteroatoms. The summed E-state index contributed by atoms with van der Waals surface area (Å²) in [7, 11) is 0. The van der Waals surface area contributed by atoms with Crippen LogP contribution in [0, 0.1) is 0 Å². The van der Waals surface area contributed by atoms with Crippen molar-refractivity contribution < 1.29 is 0 Å². The first kappa shape index (κ1) is 30.4. The minimum Gasteiger partial charge on any atom is -0.310 e. The summed E-state index contributed by atoms with van der Waals surface area (Å²) in [6.45, 7) is 0. The smallest absolute Gasteiger partial charge is 0.0540 e. The topological polar surface area (TPSA) is 3.24 Å². The Balaban J connectivity index is 1.15. The highest BCUT2D eigenvalue weighted by Crippen LogP contribution is 2.45. The second-order valence-corrected chi connectivity index (χ2v) is 14.4. The SMILES string of the molecule is c1cc(-c2cccc3c2sc2ccccc23)cc(N(c2ccc(-c3cccc4ccccc34)cc2)c2ccccc2-c2ccc3ccccc3c2)c1. The average Bonchev–Trinajstić information content (AvgIpc) is 3.60. The van der Waals surface area contributed by atoms with Crippen molar-refractivity contribution in [3.05, 3.63) is 200 Å². The molecule has 0 aliphatic rings. The fourth-order valence-corrected chi connectivity index (χ4v) is 8.99. The van der Waals surface area contributed by atoms with E-state index in [4.69, 9.17) is 0 Å². The van der Waals surface area contributed by atoms with Gasteiger partial charge in [-0.2, -0.15) is 0 Å². The molecule has 0 spiro atoms. The van der Waals surface area contributed by atoms with Crippen LogP contribution in [0.3, 0.4) is 0 Å². The number of anilines is 3. The zero-order valence-corrected chi connectivity index (χ0v) is 29.2. The maximum absolute atomic E-state index is 2.42. The van der Waals surface area contributed by atoms with Crippen molar-refractivity contribution in [1.82, 2.24) is 0 Å². The number of benzene rings is 9. The number of nitrogens with zero attached hydrogens (tertiary/aromatic N) is 1. The lowest BCUT2D eigenvalue weighted by Crippen LogP contribution is -2.11. The summed E-state index contributed by atoms with van der Waals surface area (Å²) in [5, 5.41) is 7.62. The van der Waals surface area contributed by atoms with Gasteiger partial charge >= 0.3 is 0 Å². The predicted molar refractivity (Wildman–Crippen MR) is 225 cm³/mol. The van der Waals surface area contributed by atoms with Crippen LogP contribution in [0.1, 0.15) is 0 Å². The van der Waals surface area contributed by atoms with E-state index in [0.29, 0.717) is 0 Å². The normalized spacial score (nSPS) is 11.5. The highest BCUT2D eigenvalue weighted by atomic mass is 32.1. The first-order valence-electron chi connectivity index (χ1n) is 17.8. The molecule has 10 aromatic rings. The van der Waals surface area contributed by atoms with Crippen molar-refractivity contribution in [2.45, 2.75) is 0 Å². The van der Waals surface area contributed by atoms with Gasteiger partial charge in [-0.25, -0.2) is 0 Å². The molecule has 1 heterocycles. The van der Waals surface area contributed by atoms with Crippen LogP contribution >= 0.6 is 11.3 Å². The molecule has 1 nitrogen and oxygen atoms in total. The largest absolute Gasteiger partial charge is 0.310 e. The molecule has 0 aliphatic heterocycles. The molecule has 0 radical (unpaired) electrons. The number of hydrogen-bond acceptors (Lipinski definition) is 2. The van der Waals surface area contributed by atoms with Gasteiger partial charge in [-0.05, 0) is 91.8 Å². The predicted octanol–water partition coefficient (Wildman–Crippen LogP) is 14.8. The van der Waals surface area contributed by atoms with Gasteiger partial charge in [-0.3, -0.25) is 0 Å². The molecule has 0 atom stereocenters. The zero-order chi connectivity index (χ0) is 34.4. The van der Waals surface area contributed by atoms with Crippen molar-refractivity contribution in [3.8, 4) is 33.4 Å². The molecule has 0 N–H and O–H groups in total. The summed E-state index contributed by atoms with van der Waals surface area (Å²) in [4.78, 5) is 2.42. The van der Waals surface area contributed by atoms with E-state index in [1.165, 1.54) is 75.1 Å². The second-order valence-electron chi connectivity index (χ2n) is 13.3. The third-order valence-corrected chi connectivity index (χ3v) is 11.5. The van der Waals surface area contributed by atoms with E-state index < -0.39 is 0 Å². The van der Waals surface area contributed by atoms with Crippen molar-refractivity contribution in [2.75, 3.05) is 4.90 Å². The molecule has 0 amide bonds. The summed E-state index contributed by atoms with van der Waals surface area (Å²) in [5.41, 5.74) is 10.6. The van der Waals surface area contributed by atoms with Crippen molar-refractivity contribution in [1.29, 1.82) is 0 Å². The van der Waals surface area contributed by atoms with Gasteiger partial charge in [0.25, 0.3) is 0 Å². The quantitative estimate of drug-likeness (QED) is 0.169. The van der Waals surface area contributed by atoms with Crippen LogP contribution in [-0.4, -0.2) is 0 Å². The number of fused-ring (bicyclic) bond motifs is 5. The minimum absolute atomic E-state index is 1.11. The highest BCUT2D eigenvalue weighted by Gasteiger charge is 2.19. The third kappa shape index (κ3) is 5.24. The summed E-state index contributed by atoms with van der Waals surface area (Å²) in [5.74, 6) is 0. The molecular formula is C50H33NS. The van der Waals surface area contributed by atoms with Gasteiger partial charge in [0.05, 0.1) is 5.69 Å².